The summed E-state index contributed by atoms with van der Waals surface area (Å²) in [5, 5.41) is 12.0. The maximum Gasteiger partial charge on any atom is 0.141 e. The second kappa shape index (κ2) is 5.81. The van der Waals surface area contributed by atoms with Crippen molar-refractivity contribution in [3.63, 3.8) is 0 Å². The predicted octanol–water partition coefficient (Wildman–Crippen LogP) is 2.68. The molecule has 0 aliphatic heterocycles. The van der Waals surface area contributed by atoms with Gasteiger partial charge in [0.15, 0.2) is 0 Å². The lowest BCUT2D eigenvalue weighted by Gasteiger charge is -2.26. The maximum atomic E-state index is 11.2. The summed E-state index contributed by atoms with van der Waals surface area (Å²) in [4.78, 5) is 11.2. The quantitative estimate of drug-likeness (QED) is 0.855. The van der Waals surface area contributed by atoms with Gasteiger partial charge in [0.1, 0.15) is 11.9 Å². The third-order valence-corrected chi connectivity index (χ3v) is 3.74. The van der Waals surface area contributed by atoms with Crippen LogP contribution in [0.15, 0.2) is 18.2 Å². The van der Waals surface area contributed by atoms with Gasteiger partial charge in [0, 0.05) is 10.9 Å². The Kier molecular flexibility index (Phi) is 4.36. The third-order valence-electron chi connectivity index (χ3n) is 3.21. The summed E-state index contributed by atoms with van der Waals surface area (Å²) in [6.45, 7) is 0. The zero-order valence-electron chi connectivity index (χ0n) is 9.70. The minimum absolute atomic E-state index is 0.00162. The first-order valence-corrected chi connectivity index (χ1v) is 6.66. The van der Waals surface area contributed by atoms with Crippen LogP contribution in [0.2, 0.25) is 10.0 Å². The Bertz CT molecular complexity index is 442. The van der Waals surface area contributed by atoms with E-state index in [-0.39, 0.29) is 5.92 Å². The van der Waals surface area contributed by atoms with Crippen LogP contribution >= 0.6 is 23.2 Å². The van der Waals surface area contributed by atoms with E-state index in [0.29, 0.717) is 15.8 Å². The second-order valence-corrected chi connectivity index (χ2v) is 5.32. The van der Waals surface area contributed by atoms with Crippen LogP contribution < -0.4 is 9.84 Å². The maximum absolute atomic E-state index is 11.2. The largest absolute Gasteiger partial charge is 0.546 e. The Morgan fingerprint density at radius 1 is 1.33 bits per heavy atom. The highest BCUT2D eigenvalue weighted by Gasteiger charge is 2.28. The lowest BCUT2D eigenvalue weighted by molar-refractivity contribution is -0.315. The summed E-state index contributed by atoms with van der Waals surface area (Å²) in [5.74, 6) is -0.850. The number of halogens is 2. The molecular formula is C13H13Cl2O3-. The Balaban J connectivity index is 2.15. The van der Waals surface area contributed by atoms with Gasteiger partial charge in [-0.3, -0.25) is 0 Å². The van der Waals surface area contributed by atoms with E-state index in [2.05, 4.69) is 0 Å². The van der Waals surface area contributed by atoms with E-state index in [4.69, 9.17) is 27.9 Å². The van der Waals surface area contributed by atoms with E-state index in [1.807, 2.05) is 0 Å². The number of aliphatic carboxylic acids is 1. The predicted molar refractivity (Wildman–Crippen MR) is 67.8 cm³/mol. The molecule has 0 aromatic heterocycles. The van der Waals surface area contributed by atoms with Crippen molar-refractivity contribution in [2.45, 2.75) is 31.8 Å². The lowest BCUT2D eigenvalue weighted by atomic mass is 10.0. The molecule has 1 saturated carbocycles. The number of benzene rings is 1. The fourth-order valence-corrected chi connectivity index (χ4v) is 2.76. The minimum atomic E-state index is -1.19. The van der Waals surface area contributed by atoms with Gasteiger partial charge in [-0.25, -0.2) is 0 Å². The Hall–Kier alpha value is -0.930. The molecule has 0 saturated heterocycles. The highest BCUT2D eigenvalue weighted by molar-refractivity contribution is 6.35. The monoisotopic (exact) mass is 287 g/mol. The van der Waals surface area contributed by atoms with Gasteiger partial charge in [0.25, 0.3) is 0 Å². The summed E-state index contributed by atoms with van der Waals surface area (Å²) in [6.07, 6.45) is 2.83. The van der Waals surface area contributed by atoms with Crippen LogP contribution in [-0.4, -0.2) is 12.1 Å². The highest BCUT2D eigenvalue weighted by atomic mass is 35.5. The molecule has 1 atom stereocenters. The van der Waals surface area contributed by atoms with Gasteiger partial charge >= 0.3 is 0 Å². The van der Waals surface area contributed by atoms with E-state index >= 15 is 0 Å². The molecule has 18 heavy (non-hydrogen) atoms. The van der Waals surface area contributed by atoms with Crippen LogP contribution in [0.3, 0.4) is 0 Å². The topological polar surface area (TPSA) is 49.4 Å². The fourth-order valence-electron chi connectivity index (χ4n) is 2.30. The molecule has 1 fully saturated rings. The van der Waals surface area contributed by atoms with Crippen molar-refractivity contribution in [1.82, 2.24) is 0 Å². The average Bonchev–Trinajstić information content (AvgIpc) is 2.80. The van der Waals surface area contributed by atoms with Gasteiger partial charge in [-0.1, -0.05) is 36.0 Å². The molecule has 0 spiro atoms. The Morgan fingerprint density at radius 3 is 2.56 bits per heavy atom. The molecule has 0 N–H and O–H groups in total. The zero-order valence-corrected chi connectivity index (χ0v) is 11.2. The van der Waals surface area contributed by atoms with E-state index < -0.39 is 12.1 Å². The van der Waals surface area contributed by atoms with Crippen molar-refractivity contribution < 1.29 is 14.6 Å². The molecule has 0 radical (unpaired) electrons. The third kappa shape index (κ3) is 3.09. The van der Waals surface area contributed by atoms with E-state index in [9.17, 15) is 9.90 Å². The van der Waals surface area contributed by atoms with Crippen LogP contribution in [0.25, 0.3) is 0 Å². The molecule has 1 unspecified atom stereocenters. The Morgan fingerprint density at radius 2 is 2.00 bits per heavy atom. The van der Waals surface area contributed by atoms with E-state index in [0.717, 1.165) is 25.7 Å². The summed E-state index contributed by atoms with van der Waals surface area (Å²) in [7, 11) is 0. The van der Waals surface area contributed by atoms with Gasteiger partial charge in [-0.15, -0.1) is 0 Å². The fraction of sp³-hybridized carbons (Fsp3) is 0.462. The molecular weight excluding hydrogens is 275 g/mol. The normalized spacial score (nSPS) is 17.7. The number of carboxylic acids is 1. The van der Waals surface area contributed by atoms with Crippen molar-refractivity contribution in [3.8, 4) is 5.75 Å². The lowest BCUT2D eigenvalue weighted by Crippen LogP contribution is -2.43. The molecule has 3 nitrogen and oxygen atoms in total. The Labute approximate surface area is 116 Å². The van der Waals surface area contributed by atoms with Crippen LogP contribution in [-0.2, 0) is 4.79 Å². The molecule has 5 heteroatoms. The summed E-state index contributed by atoms with van der Waals surface area (Å²) in [5.41, 5.74) is 0. The van der Waals surface area contributed by atoms with Crippen molar-refractivity contribution in [1.29, 1.82) is 0 Å². The minimum Gasteiger partial charge on any atom is -0.546 e. The van der Waals surface area contributed by atoms with Gasteiger partial charge in [-0.05, 0) is 31.0 Å². The number of carbonyl (C=O) groups excluding carboxylic acids is 1. The van der Waals surface area contributed by atoms with Crippen LogP contribution in [0.1, 0.15) is 25.7 Å². The van der Waals surface area contributed by atoms with Crippen molar-refractivity contribution >= 4 is 29.2 Å². The van der Waals surface area contributed by atoms with Gasteiger partial charge in [0.2, 0.25) is 0 Å². The van der Waals surface area contributed by atoms with Crippen molar-refractivity contribution in [2.75, 3.05) is 0 Å². The van der Waals surface area contributed by atoms with Crippen molar-refractivity contribution in [3.05, 3.63) is 28.2 Å². The number of carbonyl (C=O) groups is 1. The molecule has 2 rings (SSSR count). The van der Waals surface area contributed by atoms with Gasteiger partial charge in [-0.2, -0.15) is 0 Å². The molecule has 1 aromatic carbocycles. The van der Waals surface area contributed by atoms with Crippen LogP contribution in [0, 0.1) is 5.92 Å². The molecule has 1 aliphatic carbocycles. The molecule has 0 amide bonds. The molecule has 1 aliphatic rings. The molecule has 0 bridgehead atoms. The van der Waals surface area contributed by atoms with E-state index in [1.54, 1.807) is 12.1 Å². The summed E-state index contributed by atoms with van der Waals surface area (Å²) < 4.78 is 5.49. The number of hydrogen-bond donors (Lipinski definition) is 0. The number of hydrogen-bond acceptors (Lipinski definition) is 3. The first-order valence-electron chi connectivity index (χ1n) is 5.90. The smallest absolute Gasteiger partial charge is 0.141 e. The average molecular weight is 288 g/mol. The van der Waals surface area contributed by atoms with Crippen molar-refractivity contribution in [2.24, 2.45) is 5.92 Å². The zero-order chi connectivity index (χ0) is 13.1. The first kappa shape index (κ1) is 13.5. The molecule has 1 aromatic rings. The summed E-state index contributed by atoms with van der Waals surface area (Å²) >= 11 is 11.7. The van der Waals surface area contributed by atoms with Crippen LogP contribution in [0.5, 0.6) is 5.75 Å². The SMILES string of the molecule is O=C([O-])C(Oc1ccc(Cl)cc1Cl)C1CCCC1. The number of ether oxygens (including phenoxy) is 1. The van der Waals surface area contributed by atoms with Gasteiger partial charge in [0.05, 0.1) is 11.0 Å². The number of rotatable bonds is 4. The standard InChI is InChI=1S/C13H14Cl2O3/c14-9-5-6-11(10(15)7-9)18-12(13(16)17)8-3-1-2-4-8/h5-8,12H,1-4H2,(H,16,17)/p-1. The van der Waals surface area contributed by atoms with E-state index in [1.165, 1.54) is 6.07 Å². The first-order chi connectivity index (χ1) is 8.58. The molecule has 98 valence electrons. The van der Waals surface area contributed by atoms with Gasteiger partial charge < -0.3 is 14.6 Å². The molecule has 0 heterocycles. The second-order valence-electron chi connectivity index (χ2n) is 4.48. The van der Waals surface area contributed by atoms with Crippen LogP contribution in [0.4, 0.5) is 0 Å². The number of carboxylic acid groups (broad SMARTS) is 1. The highest BCUT2D eigenvalue weighted by Crippen LogP contribution is 2.33. The summed E-state index contributed by atoms with van der Waals surface area (Å²) in [6, 6.07) is 4.72.